The summed E-state index contributed by atoms with van der Waals surface area (Å²) in [7, 11) is 1.99. The topological polar surface area (TPSA) is 31.4 Å². The molecule has 0 atom stereocenters. The Bertz CT molecular complexity index is 357. The van der Waals surface area contributed by atoms with E-state index < -0.39 is 0 Å². The molecule has 1 N–H and O–H groups in total. The molecule has 21 heavy (non-hydrogen) atoms. The second-order valence-corrected chi connectivity index (χ2v) is 5.89. The highest BCUT2D eigenvalue weighted by Gasteiger charge is 2.18. The van der Waals surface area contributed by atoms with Crippen molar-refractivity contribution in [2.75, 3.05) is 51.2 Å². The van der Waals surface area contributed by atoms with Gasteiger partial charge in [-0.25, -0.2) is 4.98 Å². The molecule has 0 spiro atoms. The minimum atomic E-state index is 0. The van der Waals surface area contributed by atoms with Gasteiger partial charge in [-0.1, -0.05) is 6.92 Å². The third kappa shape index (κ3) is 7.74. The first-order chi connectivity index (χ1) is 8.83. The van der Waals surface area contributed by atoms with E-state index in [1.165, 1.54) is 36.1 Å². The third-order valence-electron chi connectivity index (χ3n) is 3.35. The molecule has 2 heterocycles. The summed E-state index contributed by atoms with van der Waals surface area (Å²) < 4.78 is 0. The maximum absolute atomic E-state index is 4.56. The number of rotatable bonds is 6. The number of likely N-dealkylation sites (N-methyl/N-ethyl adjacent to an activating group) is 1. The van der Waals surface area contributed by atoms with Gasteiger partial charge in [0.1, 0.15) is 0 Å². The van der Waals surface area contributed by atoms with Crippen LogP contribution in [0, 0.1) is 0 Å². The van der Waals surface area contributed by atoms with Gasteiger partial charge in [-0.2, -0.15) is 0 Å². The molecule has 8 heteroatoms. The average Bonchev–Trinajstić information content (AvgIpc) is 2.86. The molecule has 126 valence electrons. The zero-order chi connectivity index (χ0) is 12.8. The zero-order valence-corrected chi connectivity index (χ0v) is 18.7. The van der Waals surface area contributed by atoms with Gasteiger partial charge in [0.15, 0.2) is 5.13 Å². The largest absolute Gasteiger partial charge is 0.346 e. The summed E-state index contributed by atoms with van der Waals surface area (Å²) in [5.74, 6) is 0. The van der Waals surface area contributed by atoms with Crippen LogP contribution in [-0.4, -0.2) is 56.2 Å². The first kappa shape index (κ1) is 24.0. The van der Waals surface area contributed by atoms with Crippen LogP contribution in [0.1, 0.15) is 18.2 Å². The van der Waals surface area contributed by atoms with Gasteiger partial charge in [0.05, 0.1) is 0 Å². The van der Waals surface area contributed by atoms with Gasteiger partial charge in [-0.3, -0.25) is 4.90 Å². The lowest BCUT2D eigenvalue weighted by Gasteiger charge is -2.34. The molecule has 1 aromatic heterocycles. The van der Waals surface area contributed by atoms with E-state index in [1.54, 1.807) is 0 Å². The first-order valence-electron chi connectivity index (χ1n) is 6.90. The summed E-state index contributed by atoms with van der Waals surface area (Å²) in [6, 6.07) is 0. The molecule has 0 amide bonds. The van der Waals surface area contributed by atoms with Crippen molar-refractivity contribution in [1.82, 2.24) is 15.2 Å². The van der Waals surface area contributed by atoms with Gasteiger partial charge < -0.3 is 10.2 Å². The Morgan fingerprint density at radius 2 is 1.86 bits per heavy atom. The number of hydrogen-bond donors (Lipinski definition) is 1. The number of nitrogens with zero attached hydrogens (tertiary/aromatic N) is 3. The second-order valence-electron chi connectivity index (χ2n) is 4.79. The summed E-state index contributed by atoms with van der Waals surface area (Å²) in [6.45, 7) is 9.13. The second kappa shape index (κ2) is 13.2. The van der Waals surface area contributed by atoms with Crippen LogP contribution < -0.4 is 10.2 Å². The molecule has 1 fully saturated rings. The van der Waals surface area contributed by atoms with E-state index >= 15 is 0 Å². The van der Waals surface area contributed by atoms with Crippen molar-refractivity contribution in [1.29, 1.82) is 0 Å². The van der Waals surface area contributed by atoms with Gasteiger partial charge in [0.25, 0.3) is 0 Å². The number of hydrogen-bond acceptors (Lipinski definition) is 5. The van der Waals surface area contributed by atoms with Crippen LogP contribution in [0.25, 0.3) is 0 Å². The Balaban J connectivity index is 0. The lowest BCUT2D eigenvalue weighted by molar-refractivity contribution is 0.258. The number of halogens is 3. The van der Waals surface area contributed by atoms with Gasteiger partial charge in [-0.15, -0.1) is 62.3 Å². The van der Waals surface area contributed by atoms with E-state index in [2.05, 4.69) is 27.0 Å². The molecule has 1 saturated heterocycles. The van der Waals surface area contributed by atoms with E-state index in [0.29, 0.717) is 0 Å². The molecule has 0 aromatic carbocycles. The molecular weight excluding hydrogens is 484 g/mol. The van der Waals surface area contributed by atoms with Crippen molar-refractivity contribution in [2.24, 2.45) is 0 Å². The minimum Gasteiger partial charge on any atom is -0.346 e. The molecule has 2 rings (SSSR count). The summed E-state index contributed by atoms with van der Waals surface area (Å²) in [5.41, 5.74) is 0. The Kier molecular flexibility index (Phi) is 15.2. The smallest absolute Gasteiger partial charge is 0.185 e. The Labute approximate surface area is 164 Å². The van der Waals surface area contributed by atoms with Crippen molar-refractivity contribution < 1.29 is 0 Å². The maximum atomic E-state index is 4.56. The predicted molar refractivity (Wildman–Crippen MR) is 110 cm³/mol. The fourth-order valence-electron chi connectivity index (χ4n) is 2.29. The quantitative estimate of drug-likeness (QED) is 0.637. The predicted octanol–water partition coefficient (Wildman–Crippen LogP) is 3.17. The molecular formula is C13H27Br3N4S. The molecule has 1 aliphatic rings. The number of piperazine rings is 1. The zero-order valence-electron chi connectivity index (χ0n) is 12.7. The lowest BCUT2D eigenvalue weighted by Crippen LogP contribution is -2.46. The van der Waals surface area contributed by atoms with Crippen LogP contribution in [0.4, 0.5) is 5.13 Å². The van der Waals surface area contributed by atoms with E-state index in [9.17, 15) is 0 Å². The molecule has 0 aliphatic carbocycles. The Hall–Kier alpha value is 0.790. The normalized spacial score (nSPS) is 14.9. The van der Waals surface area contributed by atoms with Crippen molar-refractivity contribution in [3.8, 4) is 0 Å². The summed E-state index contributed by atoms with van der Waals surface area (Å²) in [5, 5.41) is 4.39. The van der Waals surface area contributed by atoms with E-state index in [-0.39, 0.29) is 50.9 Å². The Morgan fingerprint density at radius 3 is 2.43 bits per heavy atom. The SMILES string of the molecule is Br.Br.Br.CCCN1CCN(c2ncc(CCNC)s2)CC1. The van der Waals surface area contributed by atoms with Crippen LogP contribution in [0.3, 0.4) is 0 Å². The number of nitrogens with one attached hydrogen (secondary N) is 1. The van der Waals surface area contributed by atoms with Crippen molar-refractivity contribution >= 4 is 67.4 Å². The number of thiazole rings is 1. The highest BCUT2D eigenvalue weighted by Crippen LogP contribution is 2.23. The minimum absolute atomic E-state index is 0. The van der Waals surface area contributed by atoms with E-state index in [4.69, 9.17) is 0 Å². The van der Waals surface area contributed by atoms with Gasteiger partial charge in [0.2, 0.25) is 0 Å². The van der Waals surface area contributed by atoms with Crippen molar-refractivity contribution in [3.63, 3.8) is 0 Å². The van der Waals surface area contributed by atoms with Gasteiger partial charge >= 0.3 is 0 Å². The fourth-order valence-corrected chi connectivity index (χ4v) is 3.25. The Morgan fingerprint density at radius 1 is 1.19 bits per heavy atom. The standard InChI is InChI=1S/C13H24N4S.3BrH/c1-3-6-16-7-9-17(10-8-16)13-15-11-12(18-13)4-5-14-2;;;/h11,14H,3-10H2,1-2H3;3*1H. The van der Waals surface area contributed by atoms with Crippen molar-refractivity contribution in [3.05, 3.63) is 11.1 Å². The molecule has 0 unspecified atom stereocenters. The first-order valence-corrected chi connectivity index (χ1v) is 7.71. The van der Waals surface area contributed by atoms with Crippen LogP contribution in [0.2, 0.25) is 0 Å². The van der Waals surface area contributed by atoms with Crippen LogP contribution in [0.5, 0.6) is 0 Å². The van der Waals surface area contributed by atoms with Gasteiger partial charge in [0, 0.05) is 37.3 Å². The van der Waals surface area contributed by atoms with Crippen LogP contribution in [-0.2, 0) is 6.42 Å². The van der Waals surface area contributed by atoms with Crippen LogP contribution >= 0.6 is 62.3 Å². The molecule has 1 aromatic rings. The van der Waals surface area contributed by atoms with E-state index in [0.717, 1.165) is 26.1 Å². The van der Waals surface area contributed by atoms with E-state index in [1.807, 2.05) is 24.6 Å². The summed E-state index contributed by atoms with van der Waals surface area (Å²) >= 11 is 1.85. The highest BCUT2D eigenvalue weighted by atomic mass is 79.9. The molecule has 0 radical (unpaired) electrons. The molecule has 0 saturated carbocycles. The molecule has 1 aliphatic heterocycles. The van der Waals surface area contributed by atoms with Crippen LogP contribution in [0.15, 0.2) is 6.20 Å². The summed E-state index contributed by atoms with van der Waals surface area (Å²) in [6.07, 6.45) is 4.38. The number of anilines is 1. The number of aromatic nitrogens is 1. The summed E-state index contributed by atoms with van der Waals surface area (Å²) in [4.78, 5) is 10.9. The average molecular weight is 511 g/mol. The van der Waals surface area contributed by atoms with Crippen molar-refractivity contribution in [2.45, 2.75) is 19.8 Å². The molecule has 4 nitrogen and oxygen atoms in total. The molecule has 0 bridgehead atoms. The highest BCUT2D eigenvalue weighted by molar-refractivity contribution is 8.93. The lowest BCUT2D eigenvalue weighted by atomic mass is 10.3. The van der Waals surface area contributed by atoms with Gasteiger partial charge in [-0.05, 0) is 33.0 Å². The third-order valence-corrected chi connectivity index (χ3v) is 4.46. The monoisotopic (exact) mass is 508 g/mol. The maximum Gasteiger partial charge on any atom is 0.185 e. The fraction of sp³-hybridized carbons (Fsp3) is 0.769.